The smallest absolute Gasteiger partial charge is 0.252 e. The number of carbonyl (C=O) groups excluding carboxylic acids is 1. The lowest BCUT2D eigenvalue weighted by Crippen LogP contribution is -2.39. The number of rotatable bonds is 6. The average molecular weight is 355 g/mol. The highest BCUT2D eigenvalue weighted by atomic mass is 19.1. The molecule has 1 aliphatic rings. The van der Waals surface area contributed by atoms with E-state index in [1.807, 2.05) is 12.3 Å². The normalized spacial score (nSPS) is 17.2. The van der Waals surface area contributed by atoms with Gasteiger partial charge in [-0.3, -0.25) is 9.78 Å². The molecule has 1 amide bonds. The van der Waals surface area contributed by atoms with E-state index in [0.29, 0.717) is 30.1 Å². The van der Waals surface area contributed by atoms with Gasteiger partial charge in [0.25, 0.3) is 5.91 Å². The van der Waals surface area contributed by atoms with Crippen LogP contribution in [-0.2, 0) is 6.42 Å². The molecule has 1 aliphatic heterocycles. The van der Waals surface area contributed by atoms with E-state index < -0.39 is 0 Å². The Bertz CT molecular complexity index is 750. The predicted octanol–water partition coefficient (Wildman–Crippen LogP) is 3.96. The lowest BCUT2D eigenvalue weighted by molar-refractivity contribution is 0.0953. The molecule has 1 aromatic heterocycles. The van der Waals surface area contributed by atoms with Gasteiger partial charge in [0.05, 0.1) is 17.4 Å². The maximum Gasteiger partial charge on any atom is 0.252 e. The standard InChI is InChI=1S/C21H26FN3O/c1-2-18-8-5-6-12-25(18)19-13-17(14-23-15-19)21(26)24-11-10-16-7-3-4-9-20(16)22/h3-4,7,9,13-15,18H,2,5-6,8,10-12H2,1H3,(H,24,26). The topological polar surface area (TPSA) is 45.2 Å². The third-order valence-corrected chi connectivity index (χ3v) is 5.05. The fraction of sp³-hybridized carbons (Fsp3) is 0.429. The van der Waals surface area contributed by atoms with Crippen molar-refractivity contribution in [1.82, 2.24) is 10.3 Å². The number of hydrogen-bond donors (Lipinski definition) is 1. The van der Waals surface area contributed by atoms with Gasteiger partial charge >= 0.3 is 0 Å². The van der Waals surface area contributed by atoms with E-state index in [1.54, 1.807) is 24.4 Å². The first-order valence-corrected chi connectivity index (χ1v) is 9.42. The number of pyridine rings is 1. The van der Waals surface area contributed by atoms with E-state index in [2.05, 4.69) is 22.1 Å². The highest BCUT2D eigenvalue weighted by Crippen LogP contribution is 2.26. The van der Waals surface area contributed by atoms with Gasteiger partial charge in [0.15, 0.2) is 0 Å². The number of aromatic nitrogens is 1. The van der Waals surface area contributed by atoms with Crippen LogP contribution in [0.2, 0.25) is 0 Å². The number of benzene rings is 1. The largest absolute Gasteiger partial charge is 0.367 e. The molecule has 5 heteroatoms. The number of piperidine rings is 1. The van der Waals surface area contributed by atoms with Gasteiger partial charge < -0.3 is 10.2 Å². The molecule has 0 bridgehead atoms. The molecule has 2 aromatic rings. The zero-order valence-electron chi connectivity index (χ0n) is 15.2. The van der Waals surface area contributed by atoms with Crippen LogP contribution in [0, 0.1) is 5.82 Å². The summed E-state index contributed by atoms with van der Waals surface area (Å²) in [5.74, 6) is -0.401. The number of carbonyl (C=O) groups is 1. The summed E-state index contributed by atoms with van der Waals surface area (Å²) in [4.78, 5) is 19.1. The predicted molar refractivity (Wildman–Crippen MR) is 102 cm³/mol. The molecule has 1 unspecified atom stereocenters. The summed E-state index contributed by atoms with van der Waals surface area (Å²) < 4.78 is 13.6. The SMILES string of the molecule is CCC1CCCCN1c1cncc(C(=O)NCCc2ccccc2F)c1. The first-order valence-electron chi connectivity index (χ1n) is 9.42. The zero-order valence-corrected chi connectivity index (χ0v) is 15.2. The van der Waals surface area contributed by atoms with Crippen LogP contribution in [0.3, 0.4) is 0 Å². The van der Waals surface area contributed by atoms with Gasteiger partial charge in [0, 0.05) is 25.3 Å². The molecule has 0 spiro atoms. The van der Waals surface area contributed by atoms with Crippen LogP contribution in [0.15, 0.2) is 42.7 Å². The third-order valence-electron chi connectivity index (χ3n) is 5.05. The lowest BCUT2D eigenvalue weighted by atomic mass is 9.99. The molecule has 0 aliphatic carbocycles. The van der Waals surface area contributed by atoms with E-state index >= 15 is 0 Å². The van der Waals surface area contributed by atoms with Crippen molar-refractivity contribution in [3.05, 3.63) is 59.7 Å². The Kier molecular flexibility index (Phi) is 6.21. The van der Waals surface area contributed by atoms with Crippen LogP contribution in [0.5, 0.6) is 0 Å². The Morgan fingerprint density at radius 3 is 2.96 bits per heavy atom. The molecular weight excluding hydrogens is 329 g/mol. The third kappa shape index (κ3) is 4.40. The summed E-state index contributed by atoms with van der Waals surface area (Å²) in [5.41, 5.74) is 2.17. The summed E-state index contributed by atoms with van der Waals surface area (Å²) in [6.07, 6.45) is 8.62. The Morgan fingerprint density at radius 2 is 2.15 bits per heavy atom. The van der Waals surface area contributed by atoms with E-state index in [0.717, 1.165) is 18.7 Å². The molecule has 3 rings (SSSR count). The van der Waals surface area contributed by atoms with Crippen LogP contribution < -0.4 is 10.2 Å². The Morgan fingerprint density at radius 1 is 1.31 bits per heavy atom. The van der Waals surface area contributed by atoms with Crippen LogP contribution in [0.25, 0.3) is 0 Å². The van der Waals surface area contributed by atoms with Gasteiger partial charge in [0.2, 0.25) is 0 Å². The highest BCUT2D eigenvalue weighted by Gasteiger charge is 2.22. The Balaban J connectivity index is 1.62. The molecule has 0 saturated carbocycles. The molecule has 1 saturated heterocycles. The molecule has 26 heavy (non-hydrogen) atoms. The second kappa shape index (κ2) is 8.79. The van der Waals surface area contributed by atoms with E-state index in [-0.39, 0.29) is 11.7 Å². The van der Waals surface area contributed by atoms with Crippen molar-refractivity contribution in [2.75, 3.05) is 18.0 Å². The van der Waals surface area contributed by atoms with Gasteiger partial charge in [0.1, 0.15) is 5.82 Å². The van der Waals surface area contributed by atoms with Gasteiger partial charge in [-0.25, -0.2) is 4.39 Å². The summed E-state index contributed by atoms with van der Waals surface area (Å²) in [6, 6.07) is 9.08. The second-order valence-corrected chi connectivity index (χ2v) is 6.78. The fourth-order valence-corrected chi connectivity index (χ4v) is 3.59. The summed E-state index contributed by atoms with van der Waals surface area (Å²) in [6.45, 7) is 3.61. The number of hydrogen-bond acceptors (Lipinski definition) is 3. The minimum absolute atomic E-state index is 0.166. The van der Waals surface area contributed by atoms with Gasteiger partial charge in [-0.2, -0.15) is 0 Å². The fourth-order valence-electron chi connectivity index (χ4n) is 3.59. The lowest BCUT2D eigenvalue weighted by Gasteiger charge is -2.37. The summed E-state index contributed by atoms with van der Waals surface area (Å²) in [5, 5.41) is 2.87. The van der Waals surface area contributed by atoms with Crippen LogP contribution in [0.4, 0.5) is 10.1 Å². The number of amides is 1. The van der Waals surface area contributed by atoms with Crippen molar-refractivity contribution < 1.29 is 9.18 Å². The molecule has 1 N–H and O–H groups in total. The first kappa shape index (κ1) is 18.4. The first-order chi connectivity index (χ1) is 12.7. The Labute approximate surface area is 154 Å². The van der Waals surface area contributed by atoms with Crippen molar-refractivity contribution >= 4 is 11.6 Å². The molecule has 0 radical (unpaired) electrons. The number of anilines is 1. The number of nitrogens with one attached hydrogen (secondary N) is 1. The molecule has 2 heterocycles. The summed E-state index contributed by atoms with van der Waals surface area (Å²) in [7, 11) is 0. The van der Waals surface area contributed by atoms with Crippen LogP contribution >= 0.6 is 0 Å². The Hall–Kier alpha value is -2.43. The quantitative estimate of drug-likeness (QED) is 0.853. The van der Waals surface area contributed by atoms with Crippen molar-refractivity contribution in [2.24, 2.45) is 0 Å². The van der Waals surface area contributed by atoms with E-state index in [9.17, 15) is 9.18 Å². The average Bonchev–Trinajstić information content (AvgIpc) is 2.69. The monoisotopic (exact) mass is 355 g/mol. The minimum atomic E-state index is -0.235. The number of halogens is 1. The zero-order chi connectivity index (χ0) is 18.4. The van der Waals surface area contributed by atoms with E-state index in [1.165, 1.54) is 25.3 Å². The second-order valence-electron chi connectivity index (χ2n) is 6.78. The van der Waals surface area contributed by atoms with Crippen LogP contribution in [0.1, 0.15) is 48.5 Å². The van der Waals surface area contributed by atoms with Gasteiger partial charge in [-0.05, 0) is 49.8 Å². The molecule has 1 atom stereocenters. The van der Waals surface area contributed by atoms with E-state index in [4.69, 9.17) is 0 Å². The van der Waals surface area contributed by atoms with Gasteiger partial charge in [-0.15, -0.1) is 0 Å². The van der Waals surface area contributed by atoms with Crippen LogP contribution in [-0.4, -0.2) is 30.0 Å². The molecule has 1 aromatic carbocycles. The molecule has 4 nitrogen and oxygen atoms in total. The molecular formula is C21H26FN3O. The maximum atomic E-state index is 13.6. The summed E-state index contributed by atoms with van der Waals surface area (Å²) >= 11 is 0. The highest BCUT2D eigenvalue weighted by molar-refractivity contribution is 5.94. The van der Waals surface area contributed by atoms with Crippen molar-refractivity contribution in [2.45, 2.75) is 45.1 Å². The van der Waals surface area contributed by atoms with Crippen molar-refractivity contribution in [3.8, 4) is 0 Å². The minimum Gasteiger partial charge on any atom is -0.367 e. The molecule has 1 fully saturated rings. The van der Waals surface area contributed by atoms with Gasteiger partial charge in [-0.1, -0.05) is 25.1 Å². The number of nitrogens with zero attached hydrogens (tertiary/aromatic N) is 2. The molecule has 138 valence electrons. The van der Waals surface area contributed by atoms with Crippen molar-refractivity contribution in [1.29, 1.82) is 0 Å². The maximum absolute atomic E-state index is 13.6. The van der Waals surface area contributed by atoms with Crippen molar-refractivity contribution in [3.63, 3.8) is 0 Å².